The van der Waals surface area contributed by atoms with Crippen molar-refractivity contribution < 1.29 is 22.6 Å². The highest BCUT2D eigenvalue weighted by atomic mass is 19.2. The first-order valence-corrected chi connectivity index (χ1v) is 14.6. The first kappa shape index (κ1) is 26.6. The standard InChI is InChI=1S/C32H41F3O2/c1-3-5-20-7-9-21(10-8-20)11-12-22-13-14-23-17-25-18-27(24-15-16-26(6-4-2)36-19-24)29(34)30(35)32(25)37-31(23)28(22)33/h13-14,18,20-21,24,26H,3-12,15-17,19H2,1-2H3. The molecule has 0 amide bonds. The molecule has 2 aromatic rings. The van der Waals surface area contributed by atoms with Gasteiger partial charge < -0.3 is 9.47 Å². The first-order valence-electron chi connectivity index (χ1n) is 14.6. The fourth-order valence-electron chi connectivity index (χ4n) is 6.79. The minimum Gasteiger partial charge on any atom is -0.450 e. The number of hydrogen-bond donors (Lipinski definition) is 0. The molecule has 1 saturated carbocycles. The molecule has 0 spiro atoms. The van der Waals surface area contributed by atoms with Gasteiger partial charge in [-0.2, -0.15) is 4.39 Å². The number of ether oxygens (including phenoxy) is 2. The molecular weight excluding hydrogens is 473 g/mol. The van der Waals surface area contributed by atoms with Gasteiger partial charge >= 0.3 is 0 Å². The molecule has 2 nitrogen and oxygen atoms in total. The van der Waals surface area contributed by atoms with Gasteiger partial charge in [-0.3, -0.25) is 0 Å². The van der Waals surface area contributed by atoms with Gasteiger partial charge in [-0.1, -0.05) is 70.9 Å². The van der Waals surface area contributed by atoms with Crippen LogP contribution >= 0.6 is 0 Å². The van der Waals surface area contributed by atoms with Gasteiger partial charge in [0, 0.05) is 23.5 Å². The first-order chi connectivity index (χ1) is 18.0. The summed E-state index contributed by atoms with van der Waals surface area (Å²) in [6.45, 7) is 4.77. The third kappa shape index (κ3) is 5.72. The number of halogens is 3. The Kier molecular flexibility index (Phi) is 8.48. The van der Waals surface area contributed by atoms with Crippen LogP contribution in [0.4, 0.5) is 13.2 Å². The minimum absolute atomic E-state index is 0.0612. The molecule has 37 heavy (non-hydrogen) atoms. The Morgan fingerprint density at radius 1 is 0.757 bits per heavy atom. The highest BCUT2D eigenvalue weighted by Gasteiger charge is 2.32. The van der Waals surface area contributed by atoms with Crippen LogP contribution in [0.1, 0.15) is 113 Å². The van der Waals surface area contributed by atoms with E-state index >= 15 is 13.2 Å². The predicted octanol–water partition coefficient (Wildman–Crippen LogP) is 9.40. The molecule has 2 fully saturated rings. The molecule has 5 heteroatoms. The van der Waals surface area contributed by atoms with Crippen LogP contribution in [0.3, 0.4) is 0 Å². The summed E-state index contributed by atoms with van der Waals surface area (Å²) in [5.74, 6) is -1.11. The van der Waals surface area contributed by atoms with Crippen LogP contribution in [0.25, 0.3) is 0 Å². The fraction of sp³-hybridized carbons (Fsp3) is 0.625. The van der Waals surface area contributed by atoms with E-state index in [1.54, 1.807) is 6.07 Å². The molecule has 1 aliphatic carbocycles. The smallest absolute Gasteiger partial charge is 0.201 e. The van der Waals surface area contributed by atoms with Crippen LogP contribution in [0.15, 0.2) is 18.2 Å². The maximum atomic E-state index is 15.5. The molecule has 0 radical (unpaired) electrons. The van der Waals surface area contributed by atoms with Crippen molar-refractivity contribution in [2.45, 2.75) is 109 Å². The number of fused-ring (bicyclic) bond motifs is 2. The lowest BCUT2D eigenvalue weighted by Crippen LogP contribution is -2.25. The zero-order valence-corrected chi connectivity index (χ0v) is 22.4. The Hall–Kier alpha value is -2.01. The quantitative estimate of drug-likeness (QED) is 0.298. The van der Waals surface area contributed by atoms with Crippen LogP contribution in [0.2, 0.25) is 0 Å². The lowest BCUT2D eigenvalue weighted by Gasteiger charge is -2.31. The summed E-state index contributed by atoms with van der Waals surface area (Å²) >= 11 is 0. The van der Waals surface area contributed by atoms with Gasteiger partial charge in [-0.25, -0.2) is 8.78 Å². The second-order valence-electron chi connectivity index (χ2n) is 11.6. The van der Waals surface area contributed by atoms with E-state index in [4.69, 9.17) is 9.47 Å². The average Bonchev–Trinajstić information content (AvgIpc) is 2.91. The Morgan fingerprint density at radius 2 is 1.46 bits per heavy atom. The Balaban J connectivity index is 1.28. The monoisotopic (exact) mass is 514 g/mol. The van der Waals surface area contributed by atoms with Crippen LogP contribution in [0, 0.1) is 29.3 Å². The predicted molar refractivity (Wildman–Crippen MR) is 141 cm³/mol. The second kappa shape index (κ2) is 11.8. The SMILES string of the molecule is CCCC1CCC(CCc2ccc3c(c2F)Oc2c(cc(C4CCC(CCC)OC4)c(F)c2F)C3)CC1. The van der Waals surface area contributed by atoms with E-state index in [0.717, 1.165) is 38.0 Å². The van der Waals surface area contributed by atoms with Crippen molar-refractivity contribution in [3.63, 3.8) is 0 Å². The molecule has 2 aliphatic heterocycles. The Morgan fingerprint density at radius 3 is 2.14 bits per heavy atom. The van der Waals surface area contributed by atoms with Crippen molar-refractivity contribution in [3.05, 3.63) is 57.9 Å². The molecule has 3 aliphatic rings. The normalized spacial score (nSPS) is 25.3. The third-order valence-corrected chi connectivity index (χ3v) is 9.02. The fourth-order valence-corrected chi connectivity index (χ4v) is 6.79. The summed E-state index contributed by atoms with van der Waals surface area (Å²) < 4.78 is 57.6. The summed E-state index contributed by atoms with van der Waals surface area (Å²) in [4.78, 5) is 0. The summed E-state index contributed by atoms with van der Waals surface area (Å²) in [5.41, 5.74) is 2.22. The van der Waals surface area contributed by atoms with E-state index in [-0.39, 0.29) is 23.5 Å². The van der Waals surface area contributed by atoms with E-state index in [1.807, 2.05) is 12.1 Å². The molecule has 0 N–H and O–H groups in total. The third-order valence-electron chi connectivity index (χ3n) is 9.02. The Labute approximate surface area is 219 Å². The molecule has 202 valence electrons. The van der Waals surface area contributed by atoms with E-state index in [9.17, 15) is 0 Å². The second-order valence-corrected chi connectivity index (χ2v) is 11.6. The van der Waals surface area contributed by atoms with E-state index in [0.29, 0.717) is 47.6 Å². The lowest BCUT2D eigenvalue weighted by atomic mass is 9.78. The summed E-state index contributed by atoms with van der Waals surface area (Å²) in [6, 6.07) is 5.47. The molecule has 0 aromatic heterocycles. The summed E-state index contributed by atoms with van der Waals surface area (Å²) in [6.07, 6.45) is 13.4. The largest absolute Gasteiger partial charge is 0.450 e. The lowest BCUT2D eigenvalue weighted by molar-refractivity contribution is -0.00185. The van der Waals surface area contributed by atoms with Gasteiger partial charge in [0.25, 0.3) is 0 Å². The van der Waals surface area contributed by atoms with Crippen molar-refractivity contribution >= 4 is 0 Å². The van der Waals surface area contributed by atoms with Gasteiger partial charge in [0.05, 0.1) is 12.7 Å². The van der Waals surface area contributed by atoms with Gasteiger partial charge in [-0.15, -0.1) is 0 Å². The maximum absolute atomic E-state index is 15.5. The zero-order chi connectivity index (χ0) is 25.9. The van der Waals surface area contributed by atoms with Crippen molar-refractivity contribution in [2.24, 2.45) is 11.8 Å². The van der Waals surface area contributed by atoms with Crippen LogP contribution in [-0.4, -0.2) is 12.7 Å². The highest BCUT2D eigenvalue weighted by molar-refractivity contribution is 5.54. The molecule has 2 heterocycles. The van der Waals surface area contributed by atoms with Crippen molar-refractivity contribution in [1.82, 2.24) is 0 Å². The van der Waals surface area contributed by atoms with Gasteiger partial charge in [0.15, 0.2) is 23.1 Å². The topological polar surface area (TPSA) is 18.5 Å². The molecule has 2 aromatic carbocycles. The molecular formula is C32H41F3O2. The van der Waals surface area contributed by atoms with Gasteiger partial charge in [-0.05, 0) is 61.1 Å². The van der Waals surface area contributed by atoms with Crippen LogP contribution < -0.4 is 4.74 Å². The minimum atomic E-state index is -1.01. The van der Waals surface area contributed by atoms with Crippen molar-refractivity contribution in [2.75, 3.05) is 6.61 Å². The van der Waals surface area contributed by atoms with Crippen molar-refractivity contribution in [3.8, 4) is 11.5 Å². The molecule has 1 saturated heterocycles. The molecule has 5 rings (SSSR count). The van der Waals surface area contributed by atoms with E-state index in [2.05, 4.69) is 13.8 Å². The van der Waals surface area contributed by atoms with Gasteiger partial charge in [0.2, 0.25) is 5.82 Å². The molecule has 0 bridgehead atoms. The molecule has 2 unspecified atom stereocenters. The van der Waals surface area contributed by atoms with E-state index in [1.165, 1.54) is 38.5 Å². The number of benzene rings is 2. The summed E-state index contributed by atoms with van der Waals surface area (Å²) in [7, 11) is 0. The zero-order valence-electron chi connectivity index (χ0n) is 22.4. The average molecular weight is 515 g/mol. The van der Waals surface area contributed by atoms with Crippen LogP contribution in [0.5, 0.6) is 11.5 Å². The number of rotatable bonds is 8. The highest BCUT2D eigenvalue weighted by Crippen LogP contribution is 2.44. The van der Waals surface area contributed by atoms with E-state index < -0.39 is 17.5 Å². The van der Waals surface area contributed by atoms with Gasteiger partial charge in [0.1, 0.15) is 0 Å². The van der Waals surface area contributed by atoms with Crippen molar-refractivity contribution in [1.29, 1.82) is 0 Å². The molecule has 2 atom stereocenters. The summed E-state index contributed by atoms with van der Waals surface area (Å²) in [5, 5.41) is 0. The number of hydrogen-bond acceptors (Lipinski definition) is 2. The Bertz CT molecular complexity index is 1080. The van der Waals surface area contributed by atoms with Crippen LogP contribution in [-0.2, 0) is 17.6 Å². The maximum Gasteiger partial charge on any atom is 0.201 e. The number of aryl methyl sites for hydroxylation is 1.